The molecule has 0 aromatic carbocycles. The number of amides is 1. The molecule has 0 aromatic heterocycles. The van der Waals surface area contributed by atoms with Gasteiger partial charge in [0.15, 0.2) is 0 Å². The first-order chi connectivity index (χ1) is 5.89. The Morgan fingerprint density at radius 2 is 2.00 bits per heavy atom. The van der Waals surface area contributed by atoms with Crippen molar-refractivity contribution >= 4 is 5.91 Å². The maximum atomic E-state index is 11.7. The minimum atomic E-state index is -0.451. The molecule has 0 aromatic rings. The van der Waals surface area contributed by atoms with E-state index in [1.54, 1.807) is 0 Å². The highest BCUT2D eigenvalue weighted by molar-refractivity contribution is 5.78. The molecule has 13 heavy (non-hydrogen) atoms. The monoisotopic (exact) mass is 182 g/mol. The number of hydrogen-bond donors (Lipinski definition) is 0. The fourth-order valence-corrected chi connectivity index (χ4v) is 2.87. The number of fused-ring (bicyclic) bond motifs is 2. The van der Waals surface area contributed by atoms with E-state index in [9.17, 15) is 10.0 Å². The average molecular weight is 182 g/mol. The molecule has 1 amide bonds. The Balaban J connectivity index is 2.44. The lowest BCUT2D eigenvalue weighted by atomic mass is 9.67. The zero-order valence-corrected chi connectivity index (χ0v) is 8.46. The van der Waals surface area contributed by atoms with Crippen LogP contribution in [0.15, 0.2) is 0 Å². The second kappa shape index (κ2) is 2.27. The van der Waals surface area contributed by atoms with E-state index >= 15 is 0 Å². The molecule has 2 atom stereocenters. The molecule has 2 fully saturated rings. The first kappa shape index (κ1) is 9.00. The second-order valence-corrected chi connectivity index (χ2v) is 5.12. The van der Waals surface area contributed by atoms with E-state index in [4.69, 9.17) is 0 Å². The summed E-state index contributed by atoms with van der Waals surface area (Å²) >= 11 is 0. The predicted octanol–water partition coefficient (Wildman–Crippen LogP) is 1.76. The van der Waals surface area contributed by atoms with Crippen LogP contribution < -0.4 is 0 Å². The summed E-state index contributed by atoms with van der Waals surface area (Å²) in [6.07, 6.45) is 2.33. The van der Waals surface area contributed by atoms with Gasteiger partial charge in [-0.3, -0.25) is 4.79 Å². The van der Waals surface area contributed by atoms with Crippen molar-refractivity contribution in [1.29, 1.82) is 0 Å². The molecule has 3 heteroatoms. The Kier molecular flexibility index (Phi) is 1.57. The summed E-state index contributed by atoms with van der Waals surface area (Å²) in [6, 6.07) is 0. The Bertz CT molecular complexity index is 262. The molecule has 0 N–H and O–H groups in total. The van der Waals surface area contributed by atoms with Gasteiger partial charge >= 0.3 is 0 Å². The standard InChI is InChI=1S/C10H16NO2/c1-9(2)7-4-5-10(9,3)11(13)8(12)6-7/h7H,4-6H2,1-3H3/t7-,10-/m0/s1. The molecule has 0 spiro atoms. The van der Waals surface area contributed by atoms with Crippen molar-refractivity contribution in [1.82, 2.24) is 5.06 Å². The van der Waals surface area contributed by atoms with Gasteiger partial charge in [0.25, 0.3) is 0 Å². The number of piperidine rings is 1. The van der Waals surface area contributed by atoms with Gasteiger partial charge in [0.1, 0.15) is 0 Å². The predicted molar refractivity (Wildman–Crippen MR) is 47.1 cm³/mol. The van der Waals surface area contributed by atoms with Crippen LogP contribution in [-0.4, -0.2) is 16.5 Å². The van der Waals surface area contributed by atoms with Crippen molar-refractivity contribution in [3.63, 3.8) is 0 Å². The first-order valence-electron chi connectivity index (χ1n) is 4.90. The molecule has 3 nitrogen and oxygen atoms in total. The number of hydrogen-bond acceptors (Lipinski definition) is 1. The maximum Gasteiger partial charge on any atom is 0.249 e. The number of carbonyl (C=O) groups is 1. The summed E-state index contributed by atoms with van der Waals surface area (Å²) < 4.78 is 0. The van der Waals surface area contributed by atoms with Crippen LogP contribution in [0.2, 0.25) is 0 Å². The molecular formula is C10H16NO2. The van der Waals surface area contributed by atoms with Gasteiger partial charge < -0.3 is 0 Å². The number of nitrogens with zero attached hydrogens (tertiary/aromatic N) is 1. The van der Waals surface area contributed by atoms with Gasteiger partial charge in [-0.2, -0.15) is 5.06 Å². The van der Waals surface area contributed by atoms with Gasteiger partial charge in [0, 0.05) is 6.42 Å². The number of carbonyl (C=O) groups excluding carboxylic acids is 1. The lowest BCUT2D eigenvalue weighted by Gasteiger charge is -2.48. The molecule has 2 bridgehead atoms. The fourth-order valence-electron chi connectivity index (χ4n) is 2.87. The van der Waals surface area contributed by atoms with Crippen LogP contribution >= 0.6 is 0 Å². The minimum Gasteiger partial charge on any atom is -0.272 e. The van der Waals surface area contributed by atoms with E-state index in [0.717, 1.165) is 17.9 Å². The normalized spacial score (nSPS) is 42.6. The molecule has 1 aliphatic heterocycles. The smallest absolute Gasteiger partial charge is 0.249 e. The van der Waals surface area contributed by atoms with Gasteiger partial charge in [-0.1, -0.05) is 19.1 Å². The van der Waals surface area contributed by atoms with E-state index in [2.05, 4.69) is 13.8 Å². The molecular weight excluding hydrogens is 166 g/mol. The van der Waals surface area contributed by atoms with Crippen molar-refractivity contribution in [3.8, 4) is 0 Å². The Morgan fingerprint density at radius 1 is 1.38 bits per heavy atom. The van der Waals surface area contributed by atoms with Crippen molar-refractivity contribution in [2.24, 2.45) is 11.3 Å². The van der Waals surface area contributed by atoms with E-state index in [1.807, 2.05) is 6.92 Å². The van der Waals surface area contributed by atoms with Crippen molar-refractivity contribution in [2.75, 3.05) is 0 Å². The molecule has 1 radical (unpaired) electrons. The highest BCUT2D eigenvalue weighted by Crippen LogP contribution is 2.57. The van der Waals surface area contributed by atoms with Crippen LogP contribution in [0, 0.1) is 11.3 Å². The summed E-state index contributed by atoms with van der Waals surface area (Å²) in [5, 5.41) is 12.4. The molecule has 1 aliphatic carbocycles. The summed E-state index contributed by atoms with van der Waals surface area (Å²) in [7, 11) is 0. The summed E-state index contributed by atoms with van der Waals surface area (Å²) in [6.45, 7) is 6.15. The van der Waals surface area contributed by atoms with Crippen LogP contribution in [0.1, 0.15) is 40.0 Å². The molecule has 0 unspecified atom stereocenters. The highest BCUT2D eigenvalue weighted by Gasteiger charge is 2.60. The quantitative estimate of drug-likeness (QED) is 0.562. The maximum absolute atomic E-state index is 11.7. The van der Waals surface area contributed by atoms with E-state index in [-0.39, 0.29) is 11.3 Å². The molecule has 1 heterocycles. The number of hydroxylamine groups is 2. The van der Waals surface area contributed by atoms with Crippen LogP contribution in [0.4, 0.5) is 0 Å². The van der Waals surface area contributed by atoms with Gasteiger partial charge in [-0.25, -0.2) is 0 Å². The summed E-state index contributed by atoms with van der Waals surface area (Å²) in [4.78, 5) is 11.4. The Morgan fingerprint density at radius 3 is 2.62 bits per heavy atom. The molecule has 1 saturated heterocycles. The second-order valence-electron chi connectivity index (χ2n) is 5.12. The first-order valence-corrected chi connectivity index (χ1v) is 4.90. The topological polar surface area (TPSA) is 40.2 Å². The van der Waals surface area contributed by atoms with Crippen LogP contribution in [0.25, 0.3) is 0 Å². The van der Waals surface area contributed by atoms with E-state index < -0.39 is 5.54 Å². The van der Waals surface area contributed by atoms with Crippen LogP contribution in [0.3, 0.4) is 0 Å². The third-order valence-electron chi connectivity index (χ3n) is 4.48. The molecule has 1 saturated carbocycles. The highest BCUT2D eigenvalue weighted by atomic mass is 16.5. The molecule has 2 aliphatic rings. The van der Waals surface area contributed by atoms with Crippen LogP contribution in [-0.2, 0) is 10.0 Å². The zero-order valence-electron chi connectivity index (χ0n) is 8.46. The average Bonchev–Trinajstić information content (AvgIpc) is 2.18. The van der Waals surface area contributed by atoms with Gasteiger partial charge in [-0.15, -0.1) is 0 Å². The van der Waals surface area contributed by atoms with Crippen LogP contribution in [0.5, 0.6) is 0 Å². The largest absolute Gasteiger partial charge is 0.272 e. The Hall–Kier alpha value is -0.570. The molecule has 73 valence electrons. The van der Waals surface area contributed by atoms with Gasteiger partial charge in [0.05, 0.1) is 5.54 Å². The third kappa shape index (κ3) is 0.857. The van der Waals surface area contributed by atoms with E-state index in [1.165, 1.54) is 0 Å². The third-order valence-corrected chi connectivity index (χ3v) is 4.48. The number of rotatable bonds is 0. The van der Waals surface area contributed by atoms with Gasteiger partial charge in [-0.05, 0) is 31.1 Å². The SMILES string of the molecule is CC1(C)[C@H]2CC[C@]1(C)N([O])C(=O)C2. The lowest BCUT2D eigenvalue weighted by Crippen LogP contribution is -2.58. The minimum absolute atomic E-state index is 0.0112. The zero-order chi connectivity index (χ0) is 9.85. The fraction of sp³-hybridized carbons (Fsp3) is 0.900. The van der Waals surface area contributed by atoms with Crippen molar-refractivity contribution < 1.29 is 10.0 Å². The lowest BCUT2D eigenvalue weighted by molar-refractivity contribution is -0.251. The Labute approximate surface area is 78.7 Å². The molecule has 2 rings (SSSR count). The van der Waals surface area contributed by atoms with Gasteiger partial charge in [0.2, 0.25) is 5.91 Å². The summed E-state index contributed by atoms with van der Waals surface area (Å²) in [5.74, 6) is 0.194. The van der Waals surface area contributed by atoms with Crippen molar-refractivity contribution in [3.05, 3.63) is 0 Å². The van der Waals surface area contributed by atoms with Crippen molar-refractivity contribution in [2.45, 2.75) is 45.6 Å². The van der Waals surface area contributed by atoms with E-state index in [0.29, 0.717) is 12.3 Å². The summed E-state index contributed by atoms with van der Waals surface area (Å²) in [5.41, 5.74) is -0.463.